The van der Waals surface area contributed by atoms with Crippen molar-refractivity contribution in [2.24, 2.45) is 0 Å². The van der Waals surface area contributed by atoms with E-state index in [0.29, 0.717) is 5.39 Å². The summed E-state index contributed by atoms with van der Waals surface area (Å²) in [5.74, 6) is -1.51. The van der Waals surface area contributed by atoms with Gasteiger partial charge in [0.2, 0.25) is 5.88 Å². The molecule has 0 saturated heterocycles. The zero-order valence-electron chi connectivity index (χ0n) is 9.98. The van der Waals surface area contributed by atoms with Crippen LogP contribution in [0.5, 0.6) is 11.6 Å². The fourth-order valence-corrected chi connectivity index (χ4v) is 2.04. The van der Waals surface area contributed by atoms with Crippen molar-refractivity contribution >= 4 is 22.4 Å². The number of hydrogen-bond donors (Lipinski definition) is 0. The summed E-state index contributed by atoms with van der Waals surface area (Å²) in [5.41, 5.74) is 0. The van der Waals surface area contributed by atoms with Crippen LogP contribution in [-0.2, 0) is 0 Å². The van der Waals surface area contributed by atoms with Crippen LogP contribution in [-0.4, -0.2) is 9.97 Å². The minimum absolute atomic E-state index is 0.117. The average Bonchev–Trinajstić information content (AvgIpc) is 2.42. The van der Waals surface area contributed by atoms with Crippen molar-refractivity contribution in [3.8, 4) is 11.6 Å². The topological polar surface area (TPSA) is 35.0 Å². The van der Waals surface area contributed by atoms with Crippen LogP contribution in [0.25, 0.3) is 10.8 Å². The third kappa shape index (κ3) is 2.28. The molecule has 0 saturated carbocycles. The van der Waals surface area contributed by atoms with E-state index >= 15 is 0 Å². The number of rotatable bonds is 2. The highest BCUT2D eigenvalue weighted by molar-refractivity contribution is 6.34. The van der Waals surface area contributed by atoms with Crippen LogP contribution >= 0.6 is 11.6 Å². The van der Waals surface area contributed by atoms with Crippen LogP contribution in [0.15, 0.2) is 42.7 Å². The second-order valence-corrected chi connectivity index (χ2v) is 4.35. The van der Waals surface area contributed by atoms with E-state index in [1.807, 2.05) is 0 Å². The summed E-state index contributed by atoms with van der Waals surface area (Å²) >= 11 is 6.01. The molecular formula is C14H7ClF2N2O. The molecule has 0 fully saturated rings. The van der Waals surface area contributed by atoms with E-state index in [9.17, 15) is 8.78 Å². The Kier molecular flexibility index (Phi) is 3.20. The Bertz CT molecular complexity index is 790. The van der Waals surface area contributed by atoms with Gasteiger partial charge < -0.3 is 4.74 Å². The van der Waals surface area contributed by atoms with Gasteiger partial charge in [0.15, 0.2) is 11.6 Å². The van der Waals surface area contributed by atoms with Crippen LogP contribution < -0.4 is 4.74 Å². The lowest BCUT2D eigenvalue weighted by Crippen LogP contribution is -1.93. The van der Waals surface area contributed by atoms with Gasteiger partial charge in [-0.05, 0) is 29.7 Å². The minimum Gasteiger partial charge on any atom is -0.435 e. The lowest BCUT2D eigenvalue weighted by molar-refractivity contribution is 0.428. The van der Waals surface area contributed by atoms with Gasteiger partial charge in [0.1, 0.15) is 11.0 Å². The van der Waals surface area contributed by atoms with Gasteiger partial charge in [0, 0.05) is 18.5 Å². The molecule has 3 nitrogen and oxygen atoms in total. The van der Waals surface area contributed by atoms with Crippen LogP contribution in [0.4, 0.5) is 8.78 Å². The molecule has 6 heteroatoms. The number of pyridine rings is 2. The maximum absolute atomic E-state index is 13.6. The SMILES string of the molecule is Fc1ccc(Oc2nccc3ccnc(Cl)c23)c(F)c1. The maximum Gasteiger partial charge on any atom is 0.230 e. The smallest absolute Gasteiger partial charge is 0.230 e. The molecule has 1 aromatic carbocycles. The Labute approximate surface area is 117 Å². The first kappa shape index (κ1) is 12.7. The van der Waals surface area contributed by atoms with Crippen molar-refractivity contribution in [2.75, 3.05) is 0 Å². The van der Waals surface area contributed by atoms with Gasteiger partial charge in [-0.25, -0.2) is 18.7 Å². The van der Waals surface area contributed by atoms with Crippen molar-refractivity contribution in [1.82, 2.24) is 9.97 Å². The number of nitrogens with zero attached hydrogens (tertiary/aromatic N) is 2. The minimum atomic E-state index is -0.816. The van der Waals surface area contributed by atoms with E-state index in [4.69, 9.17) is 16.3 Å². The number of halogens is 3. The monoisotopic (exact) mass is 292 g/mol. The van der Waals surface area contributed by atoms with Crippen LogP contribution in [0.1, 0.15) is 0 Å². The Morgan fingerprint density at radius 2 is 1.75 bits per heavy atom. The molecule has 0 bridgehead atoms. The van der Waals surface area contributed by atoms with Crippen LogP contribution in [0.2, 0.25) is 5.15 Å². The van der Waals surface area contributed by atoms with Crippen LogP contribution in [0, 0.1) is 11.6 Å². The van der Waals surface area contributed by atoms with Gasteiger partial charge in [-0.15, -0.1) is 0 Å². The number of ether oxygens (including phenoxy) is 1. The molecule has 0 aliphatic carbocycles. The molecule has 0 spiro atoms. The molecule has 0 aliphatic heterocycles. The molecule has 0 aliphatic rings. The molecule has 20 heavy (non-hydrogen) atoms. The summed E-state index contributed by atoms with van der Waals surface area (Å²) in [6.07, 6.45) is 3.06. The van der Waals surface area contributed by atoms with E-state index in [1.165, 1.54) is 12.3 Å². The normalized spacial score (nSPS) is 10.8. The van der Waals surface area contributed by atoms with Gasteiger partial charge in [0.25, 0.3) is 0 Å². The van der Waals surface area contributed by atoms with Crippen LogP contribution in [0.3, 0.4) is 0 Å². The van der Waals surface area contributed by atoms with E-state index in [0.717, 1.165) is 17.5 Å². The van der Waals surface area contributed by atoms with Crippen molar-refractivity contribution in [1.29, 1.82) is 0 Å². The predicted octanol–water partition coefficient (Wildman–Crippen LogP) is 4.35. The summed E-state index contributed by atoms with van der Waals surface area (Å²) in [7, 11) is 0. The predicted molar refractivity (Wildman–Crippen MR) is 71.0 cm³/mol. The second-order valence-electron chi connectivity index (χ2n) is 3.99. The van der Waals surface area contributed by atoms with Gasteiger partial charge in [-0.2, -0.15) is 0 Å². The van der Waals surface area contributed by atoms with Gasteiger partial charge in [-0.1, -0.05) is 11.6 Å². The van der Waals surface area contributed by atoms with Crippen molar-refractivity contribution < 1.29 is 13.5 Å². The summed E-state index contributed by atoms with van der Waals surface area (Å²) in [4.78, 5) is 7.96. The highest BCUT2D eigenvalue weighted by atomic mass is 35.5. The zero-order chi connectivity index (χ0) is 14.1. The fourth-order valence-electron chi connectivity index (χ4n) is 1.79. The first-order chi connectivity index (χ1) is 9.65. The lowest BCUT2D eigenvalue weighted by Gasteiger charge is -2.09. The third-order valence-corrected chi connectivity index (χ3v) is 2.98. The quantitative estimate of drug-likeness (QED) is 0.659. The van der Waals surface area contributed by atoms with E-state index in [-0.39, 0.29) is 16.8 Å². The third-order valence-electron chi connectivity index (χ3n) is 2.70. The largest absolute Gasteiger partial charge is 0.435 e. The number of benzene rings is 1. The summed E-state index contributed by atoms with van der Waals surface area (Å²) in [5, 5.41) is 1.44. The van der Waals surface area contributed by atoms with Crippen molar-refractivity contribution in [3.63, 3.8) is 0 Å². The molecular weight excluding hydrogens is 286 g/mol. The van der Waals surface area contributed by atoms with E-state index < -0.39 is 11.6 Å². The summed E-state index contributed by atoms with van der Waals surface area (Å²) < 4.78 is 31.8. The molecule has 2 heterocycles. The van der Waals surface area contributed by atoms with Gasteiger partial charge in [-0.3, -0.25) is 0 Å². The Hall–Kier alpha value is -2.27. The van der Waals surface area contributed by atoms with Gasteiger partial charge >= 0.3 is 0 Å². The first-order valence-corrected chi connectivity index (χ1v) is 6.05. The number of fused-ring (bicyclic) bond motifs is 1. The summed E-state index contributed by atoms with van der Waals surface area (Å²) in [6.45, 7) is 0. The molecule has 0 unspecified atom stereocenters. The lowest BCUT2D eigenvalue weighted by atomic mass is 10.2. The Morgan fingerprint density at radius 1 is 1.00 bits per heavy atom. The second kappa shape index (κ2) is 5.02. The van der Waals surface area contributed by atoms with Gasteiger partial charge in [0.05, 0.1) is 5.39 Å². The van der Waals surface area contributed by atoms with Crippen molar-refractivity contribution in [2.45, 2.75) is 0 Å². The Morgan fingerprint density at radius 3 is 2.50 bits per heavy atom. The molecule has 0 radical (unpaired) electrons. The fraction of sp³-hybridized carbons (Fsp3) is 0. The summed E-state index contributed by atoms with van der Waals surface area (Å²) in [6, 6.07) is 6.49. The van der Waals surface area contributed by atoms with Crippen molar-refractivity contribution in [3.05, 3.63) is 59.5 Å². The maximum atomic E-state index is 13.6. The molecule has 0 atom stereocenters. The van der Waals surface area contributed by atoms with E-state index in [2.05, 4.69) is 9.97 Å². The molecule has 3 aromatic rings. The first-order valence-electron chi connectivity index (χ1n) is 5.67. The van der Waals surface area contributed by atoms with E-state index in [1.54, 1.807) is 18.3 Å². The highest BCUT2D eigenvalue weighted by Crippen LogP contribution is 2.32. The molecule has 100 valence electrons. The number of hydrogen-bond acceptors (Lipinski definition) is 3. The molecule has 0 N–H and O–H groups in total. The molecule has 0 amide bonds. The number of aromatic nitrogens is 2. The highest BCUT2D eigenvalue weighted by Gasteiger charge is 2.12. The standard InChI is InChI=1S/C14H7ClF2N2O/c15-13-12-8(3-5-18-13)4-6-19-14(12)20-11-2-1-9(16)7-10(11)17/h1-7H. The zero-order valence-corrected chi connectivity index (χ0v) is 10.7. The molecule has 3 rings (SSSR count). The Balaban J connectivity index is 2.11. The molecule has 2 aromatic heterocycles. The average molecular weight is 293 g/mol.